The van der Waals surface area contributed by atoms with Crippen molar-refractivity contribution in [2.75, 3.05) is 24.7 Å². The monoisotopic (exact) mass is 440 g/mol. The summed E-state index contributed by atoms with van der Waals surface area (Å²) in [5.41, 5.74) is 2.90. The van der Waals surface area contributed by atoms with Crippen LogP contribution in [0, 0.1) is 5.92 Å². The molecule has 1 atom stereocenters. The summed E-state index contributed by atoms with van der Waals surface area (Å²) < 4.78 is 32.6. The van der Waals surface area contributed by atoms with E-state index in [0.29, 0.717) is 31.1 Å². The Morgan fingerprint density at radius 2 is 1.94 bits per heavy atom. The summed E-state index contributed by atoms with van der Waals surface area (Å²) in [6.45, 7) is 0.871. The third kappa shape index (κ3) is 4.28. The van der Waals surface area contributed by atoms with Gasteiger partial charge in [-0.25, -0.2) is 12.9 Å². The summed E-state index contributed by atoms with van der Waals surface area (Å²) in [5.74, 6) is 1.43. The fraction of sp³-hybridized carbons (Fsp3) is 0.364. The van der Waals surface area contributed by atoms with E-state index in [0.717, 1.165) is 29.5 Å². The number of rotatable bonds is 6. The van der Waals surface area contributed by atoms with Crippen LogP contribution in [0.4, 0.5) is 5.82 Å². The van der Waals surface area contributed by atoms with E-state index >= 15 is 0 Å². The van der Waals surface area contributed by atoms with E-state index in [1.807, 2.05) is 48.7 Å². The minimum absolute atomic E-state index is 0.0350. The van der Waals surface area contributed by atoms with Crippen LogP contribution < -0.4 is 10.1 Å². The van der Waals surface area contributed by atoms with Gasteiger partial charge >= 0.3 is 0 Å². The van der Waals surface area contributed by atoms with E-state index in [1.54, 1.807) is 4.52 Å². The molecule has 2 fully saturated rings. The minimum atomic E-state index is -3.18. The molecule has 3 heterocycles. The Morgan fingerprint density at radius 3 is 2.61 bits per heavy atom. The quantitative estimate of drug-likeness (QED) is 0.636. The predicted molar refractivity (Wildman–Crippen MR) is 117 cm³/mol. The molecule has 1 saturated carbocycles. The van der Waals surface area contributed by atoms with Crippen LogP contribution in [0.25, 0.3) is 16.6 Å². The van der Waals surface area contributed by atoms with Gasteiger partial charge in [0.25, 0.3) is 0 Å². The fourth-order valence-electron chi connectivity index (χ4n) is 3.90. The molecule has 1 aromatic carbocycles. The molecule has 1 saturated heterocycles. The van der Waals surface area contributed by atoms with Crippen molar-refractivity contribution in [3.63, 3.8) is 0 Å². The van der Waals surface area contributed by atoms with Gasteiger partial charge in [-0.15, -0.1) is 0 Å². The number of hydrogen-bond donors (Lipinski definition) is 1. The molecule has 1 N–H and O–H groups in total. The molecule has 1 unspecified atom stereocenters. The molecule has 2 aliphatic rings. The summed E-state index contributed by atoms with van der Waals surface area (Å²) in [5, 5.41) is 7.37. The number of nitrogens with one attached hydrogen (secondary N) is 1. The summed E-state index contributed by atoms with van der Waals surface area (Å²) in [7, 11) is -3.18. The first kappa shape index (κ1) is 20.0. The van der Waals surface area contributed by atoms with Crippen LogP contribution in [0.1, 0.15) is 19.3 Å². The van der Waals surface area contributed by atoms with Gasteiger partial charge in [0.2, 0.25) is 15.9 Å². The summed E-state index contributed by atoms with van der Waals surface area (Å²) in [4.78, 5) is 12.1. The number of sulfonamides is 1. The molecule has 0 radical (unpaired) electrons. The molecule has 5 rings (SSSR count). The SMILES string of the molecule is CS(=O)(=O)N1CCC(Oc2ccc(-c3cccn4nc(NC(=O)C5CC5)cc34)cc2)C1. The Balaban J connectivity index is 1.32. The summed E-state index contributed by atoms with van der Waals surface area (Å²) in [6.07, 6.45) is 5.52. The van der Waals surface area contributed by atoms with Crippen LogP contribution in [0.2, 0.25) is 0 Å². The van der Waals surface area contributed by atoms with E-state index in [4.69, 9.17) is 4.74 Å². The second kappa shape index (κ2) is 7.65. The van der Waals surface area contributed by atoms with Crippen molar-refractivity contribution in [2.24, 2.45) is 5.92 Å². The fourth-order valence-corrected chi connectivity index (χ4v) is 4.77. The van der Waals surface area contributed by atoms with Gasteiger partial charge in [0.15, 0.2) is 5.82 Å². The highest BCUT2D eigenvalue weighted by Gasteiger charge is 2.30. The van der Waals surface area contributed by atoms with Crippen molar-refractivity contribution in [3.05, 3.63) is 48.7 Å². The van der Waals surface area contributed by atoms with Gasteiger partial charge in [0.05, 0.1) is 18.3 Å². The Labute approximate surface area is 180 Å². The third-order valence-corrected chi connectivity index (χ3v) is 7.02. The maximum atomic E-state index is 12.1. The lowest BCUT2D eigenvalue weighted by molar-refractivity contribution is -0.117. The van der Waals surface area contributed by atoms with Crippen molar-refractivity contribution >= 4 is 27.3 Å². The Morgan fingerprint density at radius 1 is 1.16 bits per heavy atom. The highest BCUT2D eigenvalue weighted by Crippen LogP contribution is 2.32. The van der Waals surface area contributed by atoms with Gasteiger partial charge in [-0.3, -0.25) is 4.79 Å². The number of carbonyl (C=O) groups is 1. The highest BCUT2D eigenvalue weighted by atomic mass is 32.2. The topological polar surface area (TPSA) is 93.0 Å². The van der Waals surface area contributed by atoms with Gasteiger partial charge in [-0.2, -0.15) is 9.40 Å². The Kier molecular flexibility index (Phi) is 4.94. The molecule has 162 valence electrons. The van der Waals surface area contributed by atoms with Crippen molar-refractivity contribution in [1.29, 1.82) is 0 Å². The van der Waals surface area contributed by atoms with Crippen LogP contribution in [0.3, 0.4) is 0 Å². The van der Waals surface area contributed by atoms with Gasteiger partial charge in [0, 0.05) is 30.3 Å². The van der Waals surface area contributed by atoms with Crippen molar-refractivity contribution in [3.8, 4) is 16.9 Å². The maximum Gasteiger partial charge on any atom is 0.228 e. The summed E-state index contributed by atoms with van der Waals surface area (Å²) in [6, 6.07) is 13.6. The zero-order valence-corrected chi connectivity index (χ0v) is 18.0. The second-order valence-electron chi connectivity index (χ2n) is 8.22. The number of benzene rings is 1. The van der Waals surface area contributed by atoms with Crippen molar-refractivity contribution < 1.29 is 17.9 Å². The van der Waals surface area contributed by atoms with Gasteiger partial charge in [0.1, 0.15) is 11.9 Å². The largest absolute Gasteiger partial charge is 0.489 e. The number of nitrogens with zero attached hydrogens (tertiary/aromatic N) is 3. The third-order valence-electron chi connectivity index (χ3n) is 5.75. The second-order valence-corrected chi connectivity index (χ2v) is 10.2. The van der Waals surface area contributed by atoms with Crippen molar-refractivity contribution in [1.82, 2.24) is 13.9 Å². The molecule has 9 heteroatoms. The van der Waals surface area contributed by atoms with E-state index in [9.17, 15) is 13.2 Å². The lowest BCUT2D eigenvalue weighted by atomic mass is 10.1. The molecule has 1 aliphatic carbocycles. The lowest BCUT2D eigenvalue weighted by Gasteiger charge is -2.15. The minimum Gasteiger partial charge on any atom is -0.489 e. The average Bonchev–Trinajstić information content (AvgIpc) is 3.34. The number of anilines is 1. The van der Waals surface area contributed by atoms with E-state index in [1.165, 1.54) is 10.6 Å². The molecule has 1 aliphatic heterocycles. The van der Waals surface area contributed by atoms with Crippen LogP contribution in [-0.4, -0.2) is 53.7 Å². The molecule has 31 heavy (non-hydrogen) atoms. The first-order chi connectivity index (χ1) is 14.9. The van der Waals surface area contributed by atoms with E-state index in [-0.39, 0.29) is 17.9 Å². The number of fused-ring (bicyclic) bond motifs is 1. The molecular weight excluding hydrogens is 416 g/mol. The number of hydrogen-bond acceptors (Lipinski definition) is 5. The van der Waals surface area contributed by atoms with E-state index < -0.39 is 10.0 Å². The lowest BCUT2D eigenvalue weighted by Crippen LogP contribution is -2.29. The van der Waals surface area contributed by atoms with Crippen LogP contribution >= 0.6 is 0 Å². The molecule has 1 amide bonds. The molecule has 8 nitrogen and oxygen atoms in total. The standard InChI is InChI=1S/C22H24N4O4S/c1-31(28,29)25-12-10-18(14-25)30-17-8-6-15(7-9-17)19-3-2-11-26-20(19)13-21(24-26)23-22(27)16-4-5-16/h2-3,6-9,11,13,16,18H,4-5,10,12,14H2,1H3,(H,23,24,27). The first-order valence-corrected chi connectivity index (χ1v) is 12.2. The van der Waals surface area contributed by atoms with Crippen LogP contribution in [0.15, 0.2) is 48.7 Å². The number of ether oxygens (including phenoxy) is 1. The zero-order valence-electron chi connectivity index (χ0n) is 17.2. The average molecular weight is 441 g/mol. The molecule has 0 bridgehead atoms. The van der Waals surface area contributed by atoms with Crippen LogP contribution in [-0.2, 0) is 14.8 Å². The highest BCUT2D eigenvalue weighted by molar-refractivity contribution is 7.88. The number of carbonyl (C=O) groups excluding carboxylic acids is 1. The molecular formula is C22H24N4O4S. The van der Waals surface area contributed by atoms with Gasteiger partial charge < -0.3 is 10.1 Å². The number of amides is 1. The maximum absolute atomic E-state index is 12.1. The number of pyridine rings is 1. The molecule has 3 aromatic rings. The van der Waals surface area contributed by atoms with Gasteiger partial charge in [-0.05, 0) is 43.0 Å². The van der Waals surface area contributed by atoms with E-state index in [2.05, 4.69) is 10.4 Å². The Hall–Kier alpha value is -2.91. The van der Waals surface area contributed by atoms with Crippen molar-refractivity contribution in [2.45, 2.75) is 25.4 Å². The zero-order chi connectivity index (χ0) is 21.6. The predicted octanol–water partition coefficient (Wildman–Crippen LogP) is 2.76. The molecule has 2 aromatic heterocycles. The summed E-state index contributed by atoms with van der Waals surface area (Å²) >= 11 is 0. The Bertz CT molecular complexity index is 1230. The first-order valence-electron chi connectivity index (χ1n) is 10.4. The normalized spacial score (nSPS) is 19.6. The molecule has 0 spiro atoms. The van der Waals surface area contributed by atoms with Crippen LogP contribution in [0.5, 0.6) is 5.75 Å². The smallest absolute Gasteiger partial charge is 0.228 e. The van der Waals surface area contributed by atoms with Gasteiger partial charge in [-0.1, -0.05) is 18.2 Å². The number of aromatic nitrogens is 2.